The molecule has 0 amide bonds. The summed E-state index contributed by atoms with van der Waals surface area (Å²) in [6, 6.07) is 0.284. The lowest BCUT2D eigenvalue weighted by molar-refractivity contribution is -0.0830. The summed E-state index contributed by atoms with van der Waals surface area (Å²) in [6.45, 7) is 5.14. The van der Waals surface area contributed by atoms with Gasteiger partial charge in [-0.25, -0.2) is 0 Å². The van der Waals surface area contributed by atoms with Crippen LogP contribution < -0.4 is 0 Å². The fourth-order valence-electron chi connectivity index (χ4n) is 2.49. The molecule has 88 valence electrons. The molecule has 1 N–H and O–H groups in total. The highest BCUT2D eigenvalue weighted by atomic mass is 16.7. The van der Waals surface area contributed by atoms with Gasteiger partial charge in [-0.1, -0.05) is 6.42 Å². The Morgan fingerprint density at radius 1 is 1.33 bits per heavy atom. The topological polar surface area (TPSA) is 41.9 Å². The van der Waals surface area contributed by atoms with Crippen LogP contribution in [0.25, 0.3) is 0 Å². The molecule has 0 bridgehead atoms. The third-order valence-electron chi connectivity index (χ3n) is 3.30. The lowest BCUT2D eigenvalue weighted by atomic mass is 9.98. The Morgan fingerprint density at radius 2 is 2.07 bits per heavy atom. The summed E-state index contributed by atoms with van der Waals surface area (Å²) in [6.07, 6.45) is 3.19. The van der Waals surface area contributed by atoms with Gasteiger partial charge in [0.25, 0.3) is 0 Å². The molecule has 2 aliphatic heterocycles. The molecule has 0 aliphatic carbocycles. The van der Waals surface area contributed by atoms with Crippen LogP contribution in [0.5, 0.6) is 0 Å². The first-order valence-electron chi connectivity index (χ1n) is 5.92. The van der Waals surface area contributed by atoms with Gasteiger partial charge < -0.3 is 14.6 Å². The van der Waals surface area contributed by atoms with E-state index in [0.29, 0.717) is 13.2 Å². The minimum absolute atomic E-state index is 0.0793. The number of likely N-dealkylation sites (tertiary alicyclic amines) is 1. The van der Waals surface area contributed by atoms with Crippen molar-refractivity contribution in [3.8, 4) is 0 Å². The van der Waals surface area contributed by atoms with Gasteiger partial charge in [-0.15, -0.1) is 0 Å². The van der Waals surface area contributed by atoms with Crippen LogP contribution >= 0.6 is 0 Å². The van der Waals surface area contributed by atoms with Crippen LogP contribution in [0.2, 0.25) is 0 Å². The zero-order valence-electron chi connectivity index (χ0n) is 9.39. The predicted molar refractivity (Wildman–Crippen MR) is 56.6 cm³/mol. The van der Waals surface area contributed by atoms with E-state index in [1.54, 1.807) is 0 Å². The second kappa shape index (κ2) is 5.25. The maximum atomic E-state index is 9.70. The lowest BCUT2D eigenvalue weighted by Gasteiger charge is -2.38. The molecule has 4 heteroatoms. The molecule has 15 heavy (non-hydrogen) atoms. The van der Waals surface area contributed by atoms with Gasteiger partial charge in [0.15, 0.2) is 6.29 Å². The fourth-order valence-corrected chi connectivity index (χ4v) is 2.49. The molecule has 0 aromatic rings. The largest absolute Gasteiger partial charge is 0.392 e. The summed E-state index contributed by atoms with van der Waals surface area (Å²) >= 11 is 0. The zero-order chi connectivity index (χ0) is 10.7. The Balaban J connectivity index is 1.86. The summed E-state index contributed by atoms with van der Waals surface area (Å²) < 4.78 is 10.9. The number of rotatable bonds is 3. The molecule has 2 aliphatic rings. The average Bonchev–Trinajstić information content (AvgIpc) is 2.71. The van der Waals surface area contributed by atoms with Crippen LogP contribution in [0, 0.1) is 0 Å². The first-order chi connectivity index (χ1) is 7.27. The van der Waals surface area contributed by atoms with E-state index in [-0.39, 0.29) is 18.4 Å². The Kier molecular flexibility index (Phi) is 3.97. The van der Waals surface area contributed by atoms with Gasteiger partial charge in [0.05, 0.1) is 19.3 Å². The van der Waals surface area contributed by atoms with Crippen LogP contribution in [0.15, 0.2) is 0 Å². The molecule has 0 aromatic heterocycles. The van der Waals surface area contributed by atoms with Crippen LogP contribution in [0.1, 0.15) is 26.2 Å². The monoisotopic (exact) mass is 215 g/mol. The summed E-state index contributed by atoms with van der Waals surface area (Å²) in [4.78, 5) is 2.31. The number of ether oxygens (including phenoxy) is 2. The molecule has 2 heterocycles. The van der Waals surface area contributed by atoms with E-state index in [9.17, 15) is 5.11 Å². The van der Waals surface area contributed by atoms with E-state index in [4.69, 9.17) is 9.47 Å². The first-order valence-corrected chi connectivity index (χ1v) is 5.92. The van der Waals surface area contributed by atoms with Crippen LogP contribution in [0.4, 0.5) is 0 Å². The number of hydrogen-bond donors (Lipinski definition) is 1. The summed E-state index contributed by atoms with van der Waals surface area (Å²) in [7, 11) is 0. The predicted octanol–water partition coefficient (Wildman–Crippen LogP) is 0.595. The van der Waals surface area contributed by atoms with E-state index in [2.05, 4.69) is 4.90 Å². The Hall–Kier alpha value is -0.160. The SMILES string of the molecule is CC(O)C1CCCCN1CC1OCCO1. The molecule has 0 spiro atoms. The number of hydrogen-bond acceptors (Lipinski definition) is 4. The second-order valence-electron chi connectivity index (χ2n) is 4.47. The van der Waals surface area contributed by atoms with Crippen molar-refractivity contribution in [1.29, 1.82) is 0 Å². The maximum absolute atomic E-state index is 9.70. The standard InChI is InChI=1S/C11H21NO3/c1-9(13)10-4-2-3-5-12(10)8-11-14-6-7-15-11/h9-11,13H,2-8H2,1H3. The highest BCUT2D eigenvalue weighted by molar-refractivity contribution is 4.81. The van der Waals surface area contributed by atoms with Crippen molar-refractivity contribution in [2.24, 2.45) is 0 Å². The van der Waals surface area contributed by atoms with Crippen molar-refractivity contribution in [3.05, 3.63) is 0 Å². The number of nitrogens with zero attached hydrogens (tertiary/aromatic N) is 1. The Morgan fingerprint density at radius 3 is 2.73 bits per heavy atom. The zero-order valence-corrected chi connectivity index (χ0v) is 9.39. The summed E-state index contributed by atoms with van der Waals surface area (Å²) in [5, 5.41) is 9.70. The highest BCUT2D eigenvalue weighted by Crippen LogP contribution is 2.21. The van der Waals surface area contributed by atoms with Crippen molar-refractivity contribution in [2.75, 3.05) is 26.3 Å². The van der Waals surface area contributed by atoms with Crippen molar-refractivity contribution in [2.45, 2.75) is 44.6 Å². The van der Waals surface area contributed by atoms with E-state index in [0.717, 1.165) is 19.5 Å². The second-order valence-corrected chi connectivity index (χ2v) is 4.47. The number of piperidine rings is 1. The number of aliphatic hydroxyl groups is 1. The molecule has 4 nitrogen and oxygen atoms in total. The van der Waals surface area contributed by atoms with Crippen molar-refractivity contribution in [1.82, 2.24) is 4.90 Å². The highest BCUT2D eigenvalue weighted by Gasteiger charge is 2.29. The van der Waals surface area contributed by atoms with Crippen LogP contribution in [0.3, 0.4) is 0 Å². The molecule has 2 atom stereocenters. The number of aliphatic hydroxyl groups excluding tert-OH is 1. The minimum atomic E-state index is -0.258. The Labute approximate surface area is 91.2 Å². The van der Waals surface area contributed by atoms with Crippen LogP contribution in [-0.4, -0.2) is 54.7 Å². The van der Waals surface area contributed by atoms with Gasteiger partial charge in [0, 0.05) is 12.6 Å². The van der Waals surface area contributed by atoms with Gasteiger partial charge in [-0.3, -0.25) is 4.90 Å². The molecule has 0 aromatic carbocycles. The quantitative estimate of drug-likeness (QED) is 0.748. The smallest absolute Gasteiger partial charge is 0.170 e. The summed E-state index contributed by atoms with van der Waals surface area (Å²) in [5.74, 6) is 0. The molecule has 2 unspecified atom stereocenters. The molecule has 2 rings (SSSR count). The molecule has 2 saturated heterocycles. The minimum Gasteiger partial charge on any atom is -0.392 e. The maximum Gasteiger partial charge on any atom is 0.170 e. The van der Waals surface area contributed by atoms with Crippen LogP contribution in [-0.2, 0) is 9.47 Å². The van der Waals surface area contributed by atoms with Crippen molar-refractivity contribution >= 4 is 0 Å². The molecule has 0 saturated carbocycles. The van der Waals surface area contributed by atoms with Crippen molar-refractivity contribution in [3.63, 3.8) is 0 Å². The van der Waals surface area contributed by atoms with E-state index >= 15 is 0 Å². The first kappa shape index (κ1) is 11.3. The third kappa shape index (κ3) is 2.91. The third-order valence-corrected chi connectivity index (χ3v) is 3.30. The van der Waals surface area contributed by atoms with Gasteiger partial charge >= 0.3 is 0 Å². The van der Waals surface area contributed by atoms with Gasteiger partial charge in [0.2, 0.25) is 0 Å². The molecular formula is C11H21NO3. The molecule has 2 fully saturated rings. The van der Waals surface area contributed by atoms with E-state index in [1.165, 1.54) is 12.8 Å². The Bertz CT molecular complexity index is 192. The lowest BCUT2D eigenvalue weighted by Crippen LogP contribution is -2.48. The normalized spacial score (nSPS) is 32.0. The van der Waals surface area contributed by atoms with Crippen molar-refractivity contribution < 1.29 is 14.6 Å². The fraction of sp³-hybridized carbons (Fsp3) is 1.00. The van der Waals surface area contributed by atoms with E-state index in [1.807, 2.05) is 6.92 Å². The summed E-state index contributed by atoms with van der Waals surface area (Å²) in [5.41, 5.74) is 0. The molecule has 0 radical (unpaired) electrons. The van der Waals surface area contributed by atoms with Gasteiger partial charge in [0.1, 0.15) is 0 Å². The van der Waals surface area contributed by atoms with Gasteiger partial charge in [-0.05, 0) is 26.3 Å². The van der Waals surface area contributed by atoms with E-state index < -0.39 is 0 Å². The molecular weight excluding hydrogens is 194 g/mol. The van der Waals surface area contributed by atoms with Gasteiger partial charge in [-0.2, -0.15) is 0 Å². The average molecular weight is 215 g/mol.